The van der Waals surface area contributed by atoms with Crippen molar-refractivity contribution in [2.45, 2.75) is 38.2 Å². The van der Waals surface area contributed by atoms with Crippen LogP contribution < -0.4 is 25.8 Å². The maximum absolute atomic E-state index is 14.5. The molecule has 0 bridgehead atoms. The summed E-state index contributed by atoms with van der Waals surface area (Å²) in [4.78, 5) is 20.6. The minimum absolute atomic E-state index is 0.00360. The summed E-state index contributed by atoms with van der Waals surface area (Å²) in [6, 6.07) is 8.32. The van der Waals surface area contributed by atoms with Crippen molar-refractivity contribution in [2.24, 2.45) is 11.7 Å². The van der Waals surface area contributed by atoms with E-state index < -0.39 is 5.82 Å². The Morgan fingerprint density at radius 1 is 1.20 bits per heavy atom. The molecule has 1 fully saturated rings. The molecule has 1 aliphatic carbocycles. The van der Waals surface area contributed by atoms with Gasteiger partial charge in [-0.1, -0.05) is 17.7 Å². The standard InChI is InChI=1S/C25H29ClFN5O3/c1-34-21-13-20-17(25(31-14-30-20)32-19-4-2-3-18(26)24(19)27)12-22(21)35-16-7-5-15(6-8-16)11-23(33)29-10-9-28/h2-4,12-16H,5-11,28H2,1H3,(H,29,33)(H,30,31,32)/t15-,16-. The number of ether oxygens (including phenoxy) is 2. The molecule has 4 N–H and O–H groups in total. The SMILES string of the molecule is COc1cc2ncnc(Nc3cccc(Cl)c3F)c2cc1O[C@H]1CC[C@H](CC(=O)NCCN)CC1. The van der Waals surface area contributed by atoms with Crippen molar-refractivity contribution >= 4 is 39.9 Å². The van der Waals surface area contributed by atoms with Gasteiger partial charge in [0, 0.05) is 31.0 Å². The summed E-state index contributed by atoms with van der Waals surface area (Å²) in [5, 5.41) is 6.52. The first kappa shape index (κ1) is 24.9. The Morgan fingerprint density at radius 3 is 2.74 bits per heavy atom. The lowest BCUT2D eigenvalue weighted by atomic mass is 9.85. The van der Waals surface area contributed by atoms with Gasteiger partial charge in [0.15, 0.2) is 17.3 Å². The predicted molar refractivity (Wildman–Crippen MR) is 134 cm³/mol. The lowest BCUT2D eigenvalue weighted by Crippen LogP contribution is -2.32. The molecule has 1 heterocycles. The minimum atomic E-state index is -0.556. The Kier molecular flexibility index (Phi) is 8.20. The monoisotopic (exact) mass is 501 g/mol. The van der Waals surface area contributed by atoms with Gasteiger partial charge in [0.2, 0.25) is 5.91 Å². The molecule has 3 aromatic rings. The minimum Gasteiger partial charge on any atom is -0.493 e. The van der Waals surface area contributed by atoms with Crippen LogP contribution in [0.5, 0.6) is 11.5 Å². The van der Waals surface area contributed by atoms with E-state index in [0.717, 1.165) is 25.7 Å². The number of halogens is 2. The fraction of sp³-hybridized carbons (Fsp3) is 0.400. The Labute approximate surface area is 208 Å². The topological polar surface area (TPSA) is 111 Å². The van der Waals surface area contributed by atoms with E-state index in [1.165, 1.54) is 12.4 Å². The van der Waals surface area contributed by atoms with Crippen molar-refractivity contribution in [3.63, 3.8) is 0 Å². The van der Waals surface area contributed by atoms with Gasteiger partial charge < -0.3 is 25.8 Å². The smallest absolute Gasteiger partial charge is 0.220 e. The van der Waals surface area contributed by atoms with Gasteiger partial charge in [-0.3, -0.25) is 4.79 Å². The van der Waals surface area contributed by atoms with Gasteiger partial charge in [-0.25, -0.2) is 14.4 Å². The zero-order chi connectivity index (χ0) is 24.8. The van der Waals surface area contributed by atoms with Crippen LogP contribution in [0.25, 0.3) is 10.9 Å². The van der Waals surface area contributed by atoms with Gasteiger partial charge in [0.25, 0.3) is 0 Å². The fourth-order valence-corrected chi connectivity index (χ4v) is 4.50. The van der Waals surface area contributed by atoms with Crippen molar-refractivity contribution in [1.29, 1.82) is 0 Å². The van der Waals surface area contributed by atoms with E-state index in [4.69, 9.17) is 26.8 Å². The number of nitrogens with two attached hydrogens (primary N) is 1. The van der Waals surface area contributed by atoms with Crippen LogP contribution in [0.4, 0.5) is 15.9 Å². The van der Waals surface area contributed by atoms with Gasteiger partial charge in [-0.05, 0) is 49.8 Å². The molecule has 1 aromatic heterocycles. The molecule has 35 heavy (non-hydrogen) atoms. The summed E-state index contributed by atoms with van der Waals surface area (Å²) in [6.07, 6.45) is 5.38. The summed E-state index contributed by atoms with van der Waals surface area (Å²) in [5.74, 6) is 1.37. The van der Waals surface area contributed by atoms with Crippen LogP contribution in [0.15, 0.2) is 36.7 Å². The Balaban J connectivity index is 1.50. The number of anilines is 2. The third kappa shape index (κ3) is 6.10. The number of benzene rings is 2. The van der Waals surface area contributed by atoms with Gasteiger partial charge in [0.05, 0.1) is 29.4 Å². The molecule has 0 saturated heterocycles. The average molecular weight is 502 g/mol. The van der Waals surface area contributed by atoms with Gasteiger partial charge in [0.1, 0.15) is 12.1 Å². The number of fused-ring (bicyclic) bond motifs is 1. The molecular weight excluding hydrogens is 473 g/mol. The van der Waals surface area contributed by atoms with Gasteiger partial charge >= 0.3 is 0 Å². The Hall–Kier alpha value is -3.17. The summed E-state index contributed by atoms with van der Waals surface area (Å²) in [5.41, 5.74) is 6.28. The van der Waals surface area contributed by atoms with Crippen molar-refractivity contribution in [3.05, 3.63) is 47.5 Å². The molecule has 8 nitrogen and oxygen atoms in total. The summed E-state index contributed by atoms with van der Waals surface area (Å²) in [6.45, 7) is 0.944. The second-order valence-electron chi connectivity index (χ2n) is 8.57. The highest BCUT2D eigenvalue weighted by atomic mass is 35.5. The zero-order valence-electron chi connectivity index (χ0n) is 19.5. The van der Waals surface area contributed by atoms with Crippen LogP contribution in [0.2, 0.25) is 5.02 Å². The number of nitrogens with zero attached hydrogens (tertiary/aromatic N) is 2. The van der Waals surface area contributed by atoms with Crippen molar-refractivity contribution in [3.8, 4) is 11.5 Å². The third-order valence-electron chi connectivity index (χ3n) is 6.15. The fourth-order valence-electron chi connectivity index (χ4n) is 4.32. The number of aromatic nitrogens is 2. The first-order chi connectivity index (χ1) is 17.0. The Bertz CT molecular complexity index is 1190. The number of amides is 1. The highest BCUT2D eigenvalue weighted by Crippen LogP contribution is 2.38. The van der Waals surface area contributed by atoms with E-state index in [0.29, 0.717) is 53.6 Å². The average Bonchev–Trinajstić information content (AvgIpc) is 2.86. The molecule has 0 aliphatic heterocycles. The molecule has 1 saturated carbocycles. The van der Waals surface area contributed by atoms with Crippen molar-refractivity contribution in [1.82, 2.24) is 15.3 Å². The number of rotatable bonds is 9. The molecule has 0 atom stereocenters. The molecule has 10 heteroatoms. The van der Waals surface area contributed by atoms with Crippen molar-refractivity contribution in [2.75, 3.05) is 25.5 Å². The summed E-state index contributed by atoms with van der Waals surface area (Å²) < 4.78 is 26.3. The van der Waals surface area contributed by atoms with E-state index in [2.05, 4.69) is 20.6 Å². The summed E-state index contributed by atoms with van der Waals surface area (Å²) >= 11 is 5.92. The molecule has 4 rings (SSSR count). The molecule has 2 aromatic carbocycles. The van der Waals surface area contributed by atoms with Crippen LogP contribution in [-0.2, 0) is 4.79 Å². The number of nitrogens with one attached hydrogen (secondary N) is 2. The van der Waals surface area contributed by atoms with Crippen LogP contribution in [-0.4, -0.2) is 42.2 Å². The lowest BCUT2D eigenvalue weighted by Gasteiger charge is -2.29. The maximum Gasteiger partial charge on any atom is 0.220 e. The van der Waals surface area contributed by atoms with Crippen molar-refractivity contribution < 1.29 is 18.7 Å². The largest absolute Gasteiger partial charge is 0.493 e. The number of hydrogen-bond donors (Lipinski definition) is 3. The molecule has 1 aliphatic rings. The second kappa shape index (κ2) is 11.5. The number of methoxy groups -OCH3 is 1. The van der Waals surface area contributed by atoms with E-state index in [-0.39, 0.29) is 22.7 Å². The van der Waals surface area contributed by atoms with E-state index in [9.17, 15) is 9.18 Å². The third-order valence-corrected chi connectivity index (χ3v) is 6.45. The number of carbonyl (C=O) groups is 1. The molecule has 0 spiro atoms. The van der Waals surface area contributed by atoms with E-state index in [1.54, 1.807) is 25.3 Å². The van der Waals surface area contributed by atoms with Crippen LogP contribution in [0, 0.1) is 11.7 Å². The highest BCUT2D eigenvalue weighted by molar-refractivity contribution is 6.31. The predicted octanol–water partition coefficient (Wildman–Crippen LogP) is 4.58. The van der Waals surface area contributed by atoms with Gasteiger partial charge in [-0.15, -0.1) is 0 Å². The maximum atomic E-state index is 14.5. The number of carbonyl (C=O) groups excluding carboxylic acids is 1. The quantitative estimate of drug-likeness (QED) is 0.393. The first-order valence-corrected chi connectivity index (χ1v) is 12.0. The van der Waals surface area contributed by atoms with E-state index >= 15 is 0 Å². The molecule has 0 unspecified atom stereocenters. The van der Waals surface area contributed by atoms with Crippen LogP contribution in [0.3, 0.4) is 0 Å². The molecule has 0 radical (unpaired) electrons. The zero-order valence-corrected chi connectivity index (χ0v) is 20.3. The lowest BCUT2D eigenvalue weighted by molar-refractivity contribution is -0.122. The van der Waals surface area contributed by atoms with Gasteiger partial charge in [-0.2, -0.15) is 0 Å². The van der Waals surface area contributed by atoms with Crippen LogP contribution in [0.1, 0.15) is 32.1 Å². The molecule has 186 valence electrons. The molecule has 1 amide bonds. The number of hydrogen-bond acceptors (Lipinski definition) is 7. The highest BCUT2D eigenvalue weighted by Gasteiger charge is 2.25. The summed E-state index contributed by atoms with van der Waals surface area (Å²) in [7, 11) is 1.58. The molecular formula is C25H29ClFN5O3. The second-order valence-corrected chi connectivity index (χ2v) is 8.98. The first-order valence-electron chi connectivity index (χ1n) is 11.7. The Morgan fingerprint density at radius 2 is 2.00 bits per heavy atom. The van der Waals surface area contributed by atoms with E-state index in [1.807, 2.05) is 6.07 Å². The van der Waals surface area contributed by atoms with Crippen LogP contribution >= 0.6 is 11.6 Å². The normalized spacial score (nSPS) is 17.7.